The molecule has 1 saturated heterocycles. The zero-order valence-corrected chi connectivity index (χ0v) is 10.4. The molecular weight excluding hydrogens is 239 g/mol. The maximum Gasteiger partial charge on any atom is 0.123 e. The van der Waals surface area contributed by atoms with Gasteiger partial charge in [0.05, 0.1) is 6.61 Å². The van der Waals surface area contributed by atoms with Gasteiger partial charge in [-0.15, -0.1) is 11.8 Å². The van der Waals surface area contributed by atoms with Crippen LogP contribution in [-0.4, -0.2) is 25.0 Å². The number of hydrogen-bond acceptors (Lipinski definition) is 4. The Hall–Kier alpha value is -0.620. The van der Waals surface area contributed by atoms with E-state index in [1.165, 1.54) is 12.1 Å². The first kappa shape index (κ1) is 12.8. The Kier molecular flexibility index (Phi) is 4.79. The standard InChI is InChI=1S/C12H17FN2OS/c13-10-1-3-11(4-2-10)17-8-12(15-14)9-5-6-16-7-9/h1-4,9,12,15H,5-8,14H2. The molecule has 2 rings (SSSR count). The van der Waals surface area contributed by atoms with Crippen LogP contribution < -0.4 is 11.3 Å². The Morgan fingerprint density at radius 3 is 2.82 bits per heavy atom. The van der Waals surface area contributed by atoms with Gasteiger partial charge in [-0.1, -0.05) is 0 Å². The highest BCUT2D eigenvalue weighted by atomic mass is 32.2. The van der Waals surface area contributed by atoms with E-state index in [9.17, 15) is 4.39 Å². The minimum atomic E-state index is -0.202. The van der Waals surface area contributed by atoms with Gasteiger partial charge in [0.25, 0.3) is 0 Å². The lowest BCUT2D eigenvalue weighted by Gasteiger charge is -2.20. The quantitative estimate of drug-likeness (QED) is 0.479. The number of hydrazine groups is 1. The predicted octanol–water partition coefficient (Wildman–Crippen LogP) is 1.79. The van der Waals surface area contributed by atoms with E-state index in [0.717, 1.165) is 30.3 Å². The summed E-state index contributed by atoms with van der Waals surface area (Å²) in [6.45, 7) is 1.60. The van der Waals surface area contributed by atoms with Gasteiger partial charge in [-0.3, -0.25) is 11.3 Å². The normalized spacial score (nSPS) is 21.6. The molecule has 2 unspecified atom stereocenters. The van der Waals surface area contributed by atoms with Gasteiger partial charge in [-0.2, -0.15) is 0 Å². The first-order valence-corrected chi connectivity index (χ1v) is 6.70. The minimum absolute atomic E-state index is 0.202. The zero-order valence-electron chi connectivity index (χ0n) is 9.56. The molecule has 94 valence electrons. The zero-order chi connectivity index (χ0) is 12.1. The van der Waals surface area contributed by atoms with E-state index >= 15 is 0 Å². The van der Waals surface area contributed by atoms with Crippen LogP contribution in [0.15, 0.2) is 29.2 Å². The van der Waals surface area contributed by atoms with Gasteiger partial charge in [0.1, 0.15) is 5.82 Å². The summed E-state index contributed by atoms with van der Waals surface area (Å²) in [6, 6.07) is 6.78. The summed E-state index contributed by atoms with van der Waals surface area (Å²) < 4.78 is 18.1. The van der Waals surface area contributed by atoms with Crippen molar-refractivity contribution >= 4 is 11.8 Å². The minimum Gasteiger partial charge on any atom is -0.381 e. The lowest BCUT2D eigenvalue weighted by molar-refractivity contribution is 0.179. The molecule has 0 aliphatic carbocycles. The Morgan fingerprint density at radius 1 is 1.47 bits per heavy atom. The van der Waals surface area contributed by atoms with Crippen LogP contribution in [0.1, 0.15) is 6.42 Å². The molecule has 3 N–H and O–H groups in total. The van der Waals surface area contributed by atoms with Crippen molar-refractivity contribution in [2.24, 2.45) is 11.8 Å². The van der Waals surface area contributed by atoms with Crippen molar-refractivity contribution in [3.63, 3.8) is 0 Å². The van der Waals surface area contributed by atoms with E-state index in [-0.39, 0.29) is 11.9 Å². The van der Waals surface area contributed by atoms with Crippen LogP contribution in [0.5, 0.6) is 0 Å². The van der Waals surface area contributed by atoms with E-state index in [1.807, 2.05) is 0 Å². The molecule has 0 saturated carbocycles. The first-order chi connectivity index (χ1) is 8.29. The number of rotatable bonds is 5. The van der Waals surface area contributed by atoms with Crippen LogP contribution in [0.2, 0.25) is 0 Å². The van der Waals surface area contributed by atoms with E-state index in [2.05, 4.69) is 5.43 Å². The van der Waals surface area contributed by atoms with E-state index < -0.39 is 0 Å². The maximum atomic E-state index is 12.7. The van der Waals surface area contributed by atoms with Crippen molar-refractivity contribution in [2.75, 3.05) is 19.0 Å². The SMILES string of the molecule is NNC(CSc1ccc(F)cc1)C1CCOC1. The highest BCUT2D eigenvalue weighted by molar-refractivity contribution is 7.99. The molecule has 0 aromatic heterocycles. The van der Waals surface area contributed by atoms with Crippen LogP contribution in [0.3, 0.4) is 0 Å². The van der Waals surface area contributed by atoms with Gasteiger partial charge in [0.2, 0.25) is 0 Å². The number of thioether (sulfide) groups is 1. The summed E-state index contributed by atoms with van der Waals surface area (Å²) in [7, 11) is 0. The van der Waals surface area contributed by atoms with Gasteiger partial charge in [-0.25, -0.2) is 4.39 Å². The lowest BCUT2D eigenvalue weighted by Crippen LogP contribution is -2.43. The Bertz CT molecular complexity index is 341. The van der Waals surface area contributed by atoms with Gasteiger partial charge >= 0.3 is 0 Å². The molecule has 1 heterocycles. The molecule has 5 heteroatoms. The van der Waals surface area contributed by atoms with Gasteiger partial charge in [-0.05, 0) is 30.7 Å². The highest BCUT2D eigenvalue weighted by Gasteiger charge is 2.24. The molecule has 0 amide bonds. The van der Waals surface area contributed by atoms with Gasteiger partial charge in [0.15, 0.2) is 0 Å². The van der Waals surface area contributed by atoms with Crippen molar-refractivity contribution in [2.45, 2.75) is 17.4 Å². The second-order valence-corrected chi connectivity index (χ2v) is 5.26. The summed E-state index contributed by atoms with van der Waals surface area (Å²) in [4.78, 5) is 1.06. The second kappa shape index (κ2) is 6.35. The summed E-state index contributed by atoms with van der Waals surface area (Å²) in [5.41, 5.74) is 2.85. The molecule has 2 atom stereocenters. The van der Waals surface area contributed by atoms with E-state index in [4.69, 9.17) is 10.6 Å². The molecule has 17 heavy (non-hydrogen) atoms. The third-order valence-corrected chi connectivity index (χ3v) is 4.12. The largest absolute Gasteiger partial charge is 0.381 e. The molecule has 1 fully saturated rings. The molecule has 3 nitrogen and oxygen atoms in total. The van der Waals surface area contributed by atoms with Crippen molar-refractivity contribution in [1.29, 1.82) is 0 Å². The first-order valence-electron chi connectivity index (χ1n) is 5.72. The van der Waals surface area contributed by atoms with E-state index in [1.54, 1.807) is 23.9 Å². The summed E-state index contributed by atoms with van der Waals surface area (Å²) in [6.07, 6.45) is 1.05. The fourth-order valence-corrected chi connectivity index (χ4v) is 2.98. The Labute approximate surface area is 105 Å². The topological polar surface area (TPSA) is 47.3 Å². The summed E-state index contributed by atoms with van der Waals surface area (Å²) in [5, 5.41) is 0. The van der Waals surface area contributed by atoms with Crippen LogP contribution >= 0.6 is 11.8 Å². The van der Waals surface area contributed by atoms with Crippen LogP contribution in [0, 0.1) is 11.7 Å². The lowest BCUT2D eigenvalue weighted by atomic mass is 10.0. The summed E-state index contributed by atoms with van der Waals surface area (Å²) >= 11 is 1.68. The smallest absolute Gasteiger partial charge is 0.123 e. The number of hydrogen-bond donors (Lipinski definition) is 2. The van der Waals surface area contributed by atoms with Crippen LogP contribution in [-0.2, 0) is 4.74 Å². The average molecular weight is 256 g/mol. The molecule has 1 aliphatic heterocycles. The number of nitrogens with two attached hydrogens (primary N) is 1. The fraction of sp³-hybridized carbons (Fsp3) is 0.500. The summed E-state index contributed by atoms with van der Waals surface area (Å²) in [5.74, 6) is 6.71. The number of benzene rings is 1. The number of ether oxygens (including phenoxy) is 1. The molecule has 0 bridgehead atoms. The van der Waals surface area contributed by atoms with Crippen molar-refractivity contribution in [1.82, 2.24) is 5.43 Å². The van der Waals surface area contributed by atoms with E-state index in [0.29, 0.717) is 5.92 Å². The third-order valence-electron chi connectivity index (χ3n) is 2.99. The monoisotopic (exact) mass is 256 g/mol. The maximum absolute atomic E-state index is 12.7. The molecule has 0 radical (unpaired) electrons. The Balaban J connectivity index is 1.84. The van der Waals surface area contributed by atoms with Gasteiger partial charge < -0.3 is 4.74 Å². The van der Waals surface area contributed by atoms with Crippen molar-refractivity contribution in [3.05, 3.63) is 30.1 Å². The van der Waals surface area contributed by atoms with Crippen LogP contribution in [0.4, 0.5) is 4.39 Å². The molecule has 1 aliphatic rings. The second-order valence-electron chi connectivity index (χ2n) is 4.16. The molecule has 1 aromatic rings. The number of nitrogens with one attached hydrogen (secondary N) is 1. The predicted molar refractivity (Wildman–Crippen MR) is 67.2 cm³/mol. The third kappa shape index (κ3) is 3.67. The molecule has 1 aromatic carbocycles. The molecular formula is C12H17FN2OS. The van der Waals surface area contributed by atoms with Gasteiger partial charge in [0, 0.05) is 29.2 Å². The van der Waals surface area contributed by atoms with Crippen LogP contribution in [0.25, 0.3) is 0 Å². The Morgan fingerprint density at radius 2 is 2.24 bits per heavy atom. The highest BCUT2D eigenvalue weighted by Crippen LogP contribution is 2.24. The van der Waals surface area contributed by atoms with Crippen molar-refractivity contribution in [3.8, 4) is 0 Å². The number of halogens is 1. The average Bonchev–Trinajstić information content (AvgIpc) is 2.86. The van der Waals surface area contributed by atoms with Crippen molar-refractivity contribution < 1.29 is 9.13 Å². The fourth-order valence-electron chi connectivity index (χ4n) is 1.91. The molecule has 0 spiro atoms.